The Labute approximate surface area is 97.4 Å². The van der Waals surface area contributed by atoms with Crippen molar-refractivity contribution in [2.24, 2.45) is 5.92 Å². The minimum absolute atomic E-state index is 0.140. The highest BCUT2D eigenvalue weighted by Crippen LogP contribution is 2.39. The van der Waals surface area contributed by atoms with Gasteiger partial charge in [-0.15, -0.1) is 0 Å². The fraction of sp³-hybridized carbons (Fsp3) is 1.00. The summed E-state index contributed by atoms with van der Waals surface area (Å²) in [5.41, 5.74) is 0. The van der Waals surface area contributed by atoms with Crippen LogP contribution in [0.4, 0.5) is 0 Å². The molecule has 14 heavy (non-hydrogen) atoms. The summed E-state index contributed by atoms with van der Waals surface area (Å²) in [6.07, 6.45) is 2.36. The lowest BCUT2D eigenvalue weighted by Crippen LogP contribution is -2.51. The molecule has 0 aromatic heterocycles. The normalized spacial score (nSPS) is 49.5. The molecule has 0 aromatic rings. The molecule has 2 N–H and O–H groups in total. The second-order valence-corrected chi connectivity index (χ2v) is 7.03. The first-order chi connectivity index (χ1) is 6.52. The van der Waals surface area contributed by atoms with Crippen LogP contribution >= 0.6 is 25.3 Å². The lowest BCUT2D eigenvalue weighted by atomic mass is 9.80. The maximum atomic E-state index is 4.87. The van der Waals surface area contributed by atoms with Crippen LogP contribution in [0.3, 0.4) is 0 Å². The molecule has 0 aromatic carbocycles. The Morgan fingerprint density at radius 1 is 1.21 bits per heavy atom. The molecule has 2 rings (SSSR count). The minimum atomic E-state index is 0.140. The fourth-order valence-corrected chi connectivity index (χ4v) is 3.36. The summed E-state index contributed by atoms with van der Waals surface area (Å²) in [5, 5.41) is 6.88. The molecule has 0 saturated carbocycles. The van der Waals surface area contributed by atoms with E-state index in [1.807, 2.05) is 0 Å². The van der Waals surface area contributed by atoms with Crippen molar-refractivity contribution in [1.82, 2.24) is 10.6 Å². The third kappa shape index (κ3) is 2.23. The number of rotatable bonds is 1. The molecule has 82 valence electrons. The van der Waals surface area contributed by atoms with Crippen LogP contribution in [0.5, 0.6) is 0 Å². The molecule has 4 heteroatoms. The van der Waals surface area contributed by atoms with Gasteiger partial charge in [-0.25, -0.2) is 0 Å². The lowest BCUT2D eigenvalue weighted by Gasteiger charge is -2.42. The van der Waals surface area contributed by atoms with Gasteiger partial charge in [0.25, 0.3) is 0 Å². The van der Waals surface area contributed by atoms with Crippen molar-refractivity contribution >= 4 is 25.3 Å². The smallest absolute Gasteiger partial charge is 0.0307 e. The van der Waals surface area contributed by atoms with E-state index in [-0.39, 0.29) is 9.49 Å². The van der Waals surface area contributed by atoms with E-state index in [0.717, 1.165) is 26.2 Å². The van der Waals surface area contributed by atoms with E-state index in [2.05, 4.69) is 17.6 Å². The first-order valence-corrected chi connectivity index (χ1v) is 6.28. The summed E-state index contributed by atoms with van der Waals surface area (Å²) in [6, 6.07) is 0. The summed E-state index contributed by atoms with van der Waals surface area (Å²) >= 11 is 9.56. The Bertz CT molecular complexity index is 212. The van der Waals surface area contributed by atoms with Crippen molar-refractivity contribution in [1.29, 1.82) is 0 Å². The van der Waals surface area contributed by atoms with Crippen molar-refractivity contribution in [2.45, 2.75) is 29.3 Å². The molecular formula is C10H20N2S2. The third-order valence-electron chi connectivity index (χ3n) is 3.51. The largest absolute Gasteiger partial charge is 0.315 e. The van der Waals surface area contributed by atoms with Crippen LogP contribution in [0.25, 0.3) is 0 Å². The van der Waals surface area contributed by atoms with E-state index in [1.54, 1.807) is 0 Å². The molecule has 2 fully saturated rings. The van der Waals surface area contributed by atoms with Crippen molar-refractivity contribution in [3.8, 4) is 0 Å². The van der Waals surface area contributed by atoms with E-state index in [9.17, 15) is 0 Å². The number of nitrogens with one attached hydrogen (secondary N) is 2. The Kier molecular flexibility index (Phi) is 3.09. The molecule has 2 unspecified atom stereocenters. The average Bonchev–Trinajstić information content (AvgIpc) is 2.52. The highest BCUT2D eigenvalue weighted by atomic mass is 32.1. The molecule has 2 aliphatic heterocycles. The monoisotopic (exact) mass is 232 g/mol. The second kappa shape index (κ2) is 3.89. The van der Waals surface area contributed by atoms with Crippen LogP contribution in [-0.4, -0.2) is 35.7 Å². The van der Waals surface area contributed by atoms with Gasteiger partial charge in [-0.05, 0) is 38.8 Å². The van der Waals surface area contributed by atoms with Gasteiger partial charge < -0.3 is 10.6 Å². The van der Waals surface area contributed by atoms with E-state index in [1.165, 1.54) is 12.8 Å². The van der Waals surface area contributed by atoms with Crippen molar-refractivity contribution in [3.05, 3.63) is 0 Å². The maximum absolute atomic E-state index is 4.87. The Morgan fingerprint density at radius 2 is 2.00 bits per heavy atom. The summed E-state index contributed by atoms with van der Waals surface area (Å²) in [4.78, 5) is 0. The zero-order chi connectivity index (χ0) is 10.2. The summed E-state index contributed by atoms with van der Waals surface area (Å²) < 4.78 is 0.332. The molecule has 2 aliphatic rings. The van der Waals surface area contributed by atoms with E-state index < -0.39 is 0 Å². The lowest BCUT2D eigenvalue weighted by molar-refractivity contribution is 0.275. The first kappa shape index (κ1) is 11.1. The van der Waals surface area contributed by atoms with Crippen LogP contribution in [0.2, 0.25) is 0 Å². The highest BCUT2D eigenvalue weighted by Gasteiger charge is 2.42. The summed E-state index contributed by atoms with van der Waals surface area (Å²) in [5.74, 6) is 0.650. The topological polar surface area (TPSA) is 24.1 Å². The number of hydrogen-bond donors (Lipinski definition) is 4. The van der Waals surface area contributed by atoms with Gasteiger partial charge in [-0.2, -0.15) is 25.3 Å². The molecule has 2 heterocycles. The second-order valence-electron chi connectivity index (χ2n) is 5.06. The third-order valence-corrected chi connectivity index (χ3v) is 4.60. The van der Waals surface area contributed by atoms with Gasteiger partial charge in [0.1, 0.15) is 0 Å². The van der Waals surface area contributed by atoms with Crippen LogP contribution in [0.15, 0.2) is 0 Å². The van der Waals surface area contributed by atoms with E-state index >= 15 is 0 Å². The van der Waals surface area contributed by atoms with Gasteiger partial charge in [-0.3, -0.25) is 0 Å². The van der Waals surface area contributed by atoms with Gasteiger partial charge in [0.15, 0.2) is 0 Å². The fourth-order valence-electron chi connectivity index (χ4n) is 2.62. The van der Waals surface area contributed by atoms with Gasteiger partial charge in [0, 0.05) is 22.6 Å². The summed E-state index contributed by atoms with van der Waals surface area (Å²) in [6.45, 7) is 6.50. The number of thiol groups is 2. The highest BCUT2D eigenvalue weighted by molar-refractivity contribution is 7.82. The van der Waals surface area contributed by atoms with Gasteiger partial charge in [0.05, 0.1) is 0 Å². The van der Waals surface area contributed by atoms with E-state index in [0.29, 0.717) is 5.92 Å². The Balaban J connectivity index is 2.03. The predicted octanol–water partition coefficient (Wildman–Crippen LogP) is 0.946. The molecular weight excluding hydrogens is 212 g/mol. The van der Waals surface area contributed by atoms with E-state index in [4.69, 9.17) is 25.3 Å². The molecule has 0 spiro atoms. The molecule has 3 atom stereocenters. The average molecular weight is 232 g/mol. The number of piperidine rings is 1. The molecule has 0 aliphatic carbocycles. The zero-order valence-electron chi connectivity index (χ0n) is 8.71. The van der Waals surface area contributed by atoms with Crippen LogP contribution < -0.4 is 10.6 Å². The van der Waals surface area contributed by atoms with Crippen LogP contribution in [-0.2, 0) is 0 Å². The standard InChI is InChI=1S/C10H20N2S2/c1-9(13)4-8(5-12-6-9)10(14)2-3-11-7-10/h8,11-14H,2-7H2,1H3/t8?,9-,10?/m0/s1. The van der Waals surface area contributed by atoms with Crippen molar-refractivity contribution in [3.63, 3.8) is 0 Å². The molecule has 0 radical (unpaired) electrons. The molecule has 2 nitrogen and oxygen atoms in total. The zero-order valence-corrected chi connectivity index (χ0v) is 10.5. The SMILES string of the molecule is C[C@@]1(S)CNCC(C2(S)CCNC2)C1. The van der Waals surface area contributed by atoms with Crippen molar-refractivity contribution < 1.29 is 0 Å². The quantitative estimate of drug-likeness (QED) is 0.506. The molecule has 0 bridgehead atoms. The molecule has 0 amide bonds. The van der Waals surface area contributed by atoms with Gasteiger partial charge >= 0.3 is 0 Å². The molecule has 2 saturated heterocycles. The first-order valence-electron chi connectivity index (χ1n) is 5.38. The number of hydrogen-bond acceptors (Lipinski definition) is 4. The predicted molar refractivity (Wildman–Crippen MR) is 67.6 cm³/mol. The van der Waals surface area contributed by atoms with Crippen molar-refractivity contribution in [2.75, 3.05) is 26.2 Å². The maximum Gasteiger partial charge on any atom is 0.0307 e. The van der Waals surface area contributed by atoms with Crippen LogP contribution in [0, 0.1) is 5.92 Å². The Morgan fingerprint density at radius 3 is 2.57 bits per heavy atom. The van der Waals surface area contributed by atoms with Gasteiger partial charge in [0.2, 0.25) is 0 Å². The minimum Gasteiger partial charge on any atom is -0.315 e. The summed E-state index contributed by atoms with van der Waals surface area (Å²) in [7, 11) is 0. The van der Waals surface area contributed by atoms with Crippen LogP contribution in [0.1, 0.15) is 19.8 Å². The Hall–Kier alpha value is 0.620. The van der Waals surface area contributed by atoms with Gasteiger partial charge in [-0.1, -0.05) is 0 Å².